The van der Waals surface area contributed by atoms with Crippen molar-refractivity contribution in [3.63, 3.8) is 0 Å². The molecule has 3 rings (SSSR count). The van der Waals surface area contributed by atoms with Crippen LogP contribution in [0.15, 0.2) is 47.1 Å². The number of anilines is 1. The minimum absolute atomic E-state index is 0.493. The molecule has 0 aliphatic carbocycles. The summed E-state index contributed by atoms with van der Waals surface area (Å²) in [4.78, 5) is 8.40. The SMILES string of the molecule is COc1ccc2nc(NCc3cccnc3)oc2c1. The van der Waals surface area contributed by atoms with Gasteiger partial charge in [-0.15, -0.1) is 0 Å². The molecular formula is C14H13N3O2. The first-order chi connectivity index (χ1) is 9.35. The van der Waals surface area contributed by atoms with Crippen molar-refractivity contribution in [2.45, 2.75) is 6.54 Å². The van der Waals surface area contributed by atoms with E-state index in [4.69, 9.17) is 9.15 Å². The lowest BCUT2D eigenvalue weighted by Gasteiger charge is -2.00. The number of ether oxygens (including phenoxy) is 1. The van der Waals surface area contributed by atoms with Crippen LogP contribution in [0.5, 0.6) is 5.75 Å². The molecule has 0 radical (unpaired) electrons. The number of pyridine rings is 1. The molecule has 2 heterocycles. The van der Waals surface area contributed by atoms with Gasteiger partial charge in [-0.3, -0.25) is 4.98 Å². The van der Waals surface area contributed by atoms with Crippen LogP contribution in [-0.2, 0) is 6.54 Å². The van der Waals surface area contributed by atoms with Gasteiger partial charge in [-0.2, -0.15) is 4.98 Å². The third kappa shape index (κ3) is 2.49. The van der Waals surface area contributed by atoms with Gasteiger partial charge in [0, 0.05) is 25.0 Å². The number of aromatic nitrogens is 2. The molecule has 2 aromatic heterocycles. The number of hydrogen-bond acceptors (Lipinski definition) is 5. The molecule has 96 valence electrons. The van der Waals surface area contributed by atoms with Crippen LogP contribution in [0.3, 0.4) is 0 Å². The maximum absolute atomic E-state index is 5.61. The normalized spacial score (nSPS) is 10.6. The van der Waals surface area contributed by atoms with Crippen LogP contribution in [0.4, 0.5) is 6.01 Å². The first-order valence-electron chi connectivity index (χ1n) is 5.92. The van der Waals surface area contributed by atoms with Crippen molar-refractivity contribution in [1.82, 2.24) is 9.97 Å². The van der Waals surface area contributed by atoms with E-state index in [1.165, 1.54) is 0 Å². The van der Waals surface area contributed by atoms with E-state index in [2.05, 4.69) is 15.3 Å². The molecule has 19 heavy (non-hydrogen) atoms. The Kier molecular flexibility index (Phi) is 3.02. The summed E-state index contributed by atoms with van der Waals surface area (Å²) < 4.78 is 10.8. The minimum atomic E-state index is 0.493. The molecule has 0 atom stereocenters. The minimum Gasteiger partial charge on any atom is -0.497 e. The van der Waals surface area contributed by atoms with E-state index >= 15 is 0 Å². The van der Waals surface area contributed by atoms with Crippen LogP contribution in [0.1, 0.15) is 5.56 Å². The Balaban J connectivity index is 1.78. The van der Waals surface area contributed by atoms with Crippen molar-refractivity contribution in [2.24, 2.45) is 0 Å². The van der Waals surface area contributed by atoms with Crippen molar-refractivity contribution in [3.8, 4) is 5.75 Å². The topological polar surface area (TPSA) is 60.2 Å². The highest BCUT2D eigenvalue weighted by Gasteiger charge is 2.06. The van der Waals surface area contributed by atoms with Gasteiger partial charge in [-0.25, -0.2) is 0 Å². The number of fused-ring (bicyclic) bond motifs is 1. The molecule has 0 bridgehead atoms. The third-order valence-corrected chi connectivity index (χ3v) is 2.76. The summed E-state index contributed by atoms with van der Waals surface area (Å²) in [5, 5.41) is 3.13. The van der Waals surface area contributed by atoms with Crippen molar-refractivity contribution < 1.29 is 9.15 Å². The van der Waals surface area contributed by atoms with Crippen LogP contribution in [0.2, 0.25) is 0 Å². The predicted molar refractivity (Wildman–Crippen MR) is 72.1 cm³/mol. The molecule has 0 amide bonds. The molecule has 1 aromatic carbocycles. The average Bonchev–Trinajstić information content (AvgIpc) is 2.88. The van der Waals surface area contributed by atoms with Gasteiger partial charge < -0.3 is 14.5 Å². The molecule has 3 aromatic rings. The summed E-state index contributed by atoms with van der Waals surface area (Å²) in [5.74, 6) is 0.752. The summed E-state index contributed by atoms with van der Waals surface area (Å²) in [5.41, 5.74) is 2.57. The van der Waals surface area contributed by atoms with Gasteiger partial charge in [0.2, 0.25) is 0 Å². The first-order valence-corrected chi connectivity index (χ1v) is 5.92. The van der Waals surface area contributed by atoms with E-state index in [1.807, 2.05) is 30.3 Å². The molecule has 5 nitrogen and oxygen atoms in total. The largest absolute Gasteiger partial charge is 0.497 e. The molecule has 0 aliphatic heterocycles. The van der Waals surface area contributed by atoms with E-state index in [9.17, 15) is 0 Å². The van der Waals surface area contributed by atoms with Gasteiger partial charge in [0.15, 0.2) is 5.58 Å². The fourth-order valence-corrected chi connectivity index (χ4v) is 1.79. The summed E-state index contributed by atoms with van der Waals surface area (Å²) in [6.07, 6.45) is 3.55. The van der Waals surface area contributed by atoms with Crippen LogP contribution in [0.25, 0.3) is 11.1 Å². The van der Waals surface area contributed by atoms with Gasteiger partial charge >= 0.3 is 0 Å². The number of hydrogen-bond donors (Lipinski definition) is 1. The van der Waals surface area contributed by atoms with Crippen molar-refractivity contribution in [3.05, 3.63) is 48.3 Å². The Hall–Kier alpha value is -2.56. The van der Waals surface area contributed by atoms with E-state index in [-0.39, 0.29) is 0 Å². The molecular weight excluding hydrogens is 242 g/mol. The third-order valence-electron chi connectivity index (χ3n) is 2.76. The molecule has 0 saturated heterocycles. The zero-order valence-corrected chi connectivity index (χ0v) is 10.5. The second-order valence-corrected chi connectivity index (χ2v) is 4.07. The number of nitrogens with zero attached hydrogens (tertiary/aromatic N) is 2. The highest BCUT2D eigenvalue weighted by molar-refractivity contribution is 5.76. The summed E-state index contributed by atoms with van der Waals surface area (Å²) >= 11 is 0. The molecule has 1 N–H and O–H groups in total. The van der Waals surface area contributed by atoms with Gasteiger partial charge in [0.1, 0.15) is 11.3 Å². The molecule has 0 fully saturated rings. The predicted octanol–water partition coefficient (Wildman–Crippen LogP) is 2.84. The maximum atomic E-state index is 5.61. The first kappa shape index (κ1) is 11.5. The van der Waals surface area contributed by atoms with Crippen LogP contribution >= 0.6 is 0 Å². The highest BCUT2D eigenvalue weighted by atomic mass is 16.5. The Morgan fingerprint density at radius 3 is 3.05 bits per heavy atom. The van der Waals surface area contributed by atoms with E-state index < -0.39 is 0 Å². The number of rotatable bonds is 4. The van der Waals surface area contributed by atoms with Gasteiger partial charge in [-0.05, 0) is 23.8 Å². The lowest BCUT2D eigenvalue weighted by molar-refractivity contribution is 0.414. The van der Waals surface area contributed by atoms with Crippen LogP contribution in [0, 0.1) is 0 Å². The quantitative estimate of drug-likeness (QED) is 0.776. The van der Waals surface area contributed by atoms with E-state index in [0.717, 1.165) is 16.8 Å². The summed E-state index contributed by atoms with van der Waals surface area (Å²) in [6.45, 7) is 0.623. The van der Waals surface area contributed by atoms with Gasteiger partial charge in [0.25, 0.3) is 6.01 Å². The molecule has 0 unspecified atom stereocenters. The fraction of sp³-hybridized carbons (Fsp3) is 0.143. The van der Waals surface area contributed by atoms with Crippen LogP contribution in [-0.4, -0.2) is 17.1 Å². The molecule has 0 spiro atoms. The van der Waals surface area contributed by atoms with Gasteiger partial charge in [-0.1, -0.05) is 6.07 Å². The number of benzene rings is 1. The van der Waals surface area contributed by atoms with Crippen molar-refractivity contribution in [2.75, 3.05) is 12.4 Å². The highest BCUT2D eigenvalue weighted by Crippen LogP contribution is 2.23. The second-order valence-electron chi connectivity index (χ2n) is 4.07. The van der Waals surface area contributed by atoms with Crippen molar-refractivity contribution in [1.29, 1.82) is 0 Å². The van der Waals surface area contributed by atoms with Crippen molar-refractivity contribution >= 4 is 17.1 Å². The zero-order chi connectivity index (χ0) is 13.1. The lowest BCUT2D eigenvalue weighted by Crippen LogP contribution is -1.99. The Morgan fingerprint density at radius 2 is 2.26 bits per heavy atom. The molecule has 5 heteroatoms. The summed E-state index contributed by atoms with van der Waals surface area (Å²) in [6, 6.07) is 9.92. The van der Waals surface area contributed by atoms with E-state index in [0.29, 0.717) is 18.1 Å². The van der Waals surface area contributed by atoms with Crippen LogP contribution < -0.4 is 10.1 Å². The Bertz CT molecular complexity index is 679. The number of oxazole rings is 1. The summed E-state index contributed by atoms with van der Waals surface area (Å²) in [7, 11) is 1.62. The zero-order valence-electron chi connectivity index (χ0n) is 10.5. The monoisotopic (exact) mass is 255 g/mol. The average molecular weight is 255 g/mol. The Labute approximate surface area is 110 Å². The lowest BCUT2D eigenvalue weighted by atomic mass is 10.3. The van der Waals surface area contributed by atoms with E-state index in [1.54, 1.807) is 19.5 Å². The second kappa shape index (κ2) is 4.97. The maximum Gasteiger partial charge on any atom is 0.295 e. The molecule has 0 aliphatic rings. The smallest absolute Gasteiger partial charge is 0.295 e. The Morgan fingerprint density at radius 1 is 1.32 bits per heavy atom. The van der Waals surface area contributed by atoms with Gasteiger partial charge in [0.05, 0.1) is 7.11 Å². The number of nitrogens with one attached hydrogen (secondary N) is 1. The molecule has 0 saturated carbocycles. The number of methoxy groups -OCH3 is 1. The standard InChI is InChI=1S/C14H13N3O2/c1-18-11-4-5-12-13(7-11)19-14(17-12)16-9-10-3-2-6-15-8-10/h2-8H,9H2,1H3,(H,16,17). The fourth-order valence-electron chi connectivity index (χ4n) is 1.79.